The molecule has 1 aliphatic heterocycles. The van der Waals surface area contributed by atoms with E-state index >= 15 is 0 Å². The fourth-order valence-electron chi connectivity index (χ4n) is 2.57. The predicted octanol–water partition coefficient (Wildman–Crippen LogP) is 2.71. The van der Waals surface area contributed by atoms with Crippen molar-refractivity contribution in [1.29, 1.82) is 0 Å². The minimum atomic E-state index is 0.555. The van der Waals surface area contributed by atoms with Crippen LogP contribution in [-0.4, -0.2) is 34.9 Å². The minimum absolute atomic E-state index is 0.555. The number of imidazole rings is 1. The molecule has 0 saturated carbocycles. The SMILES string of the molecule is COc1cc(-c2nccn2-c2ccc3c(c2)OCCO3)ccn1. The Balaban J connectivity index is 1.77. The summed E-state index contributed by atoms with van der Waals surface area (Å²) in [6, 6.07) is 9.62. The van der Waals surface area contributed by atoms with Gasteiger partial charge in [-0.1, -0.05) is 0 Å². The Morgan fingerprint density at radius 2 is 1.87 bits per heavy atom. The highest BCUT2D eigenvalue weighted by Crippen LogP contribution is 2.33. The van der Waals surface area contributed by atoms with Gasteiger partial charge in [0.15, 0.2) is 11.5 Å². The van der Waals surface area contributed by atoms with E-state index < -0.39 is 0 Å². The summed E-state index contributed by atoms with van der Waals surface area (Å²) >= 11 is 0. The van der Waals surface area contributed by atoms with Crippen LogP contribution < -0.4 is 14.2 Å². The fourth-order valence-corrected chi connectivity index (χ4v) is 2.57. The molecule has 1 aliphatic rings. The van der Waals surface area contributed by atoms with Crippen molar-refractivity contribution in [2.75, 3.05) is 20.3 Å². The number of aromatic nitrogens is 3. The Labute approximate surface area is 133 Å². The van der Waals surface area contributed by atoms with E-state index in [2.05, 4.69) is 9.97 Å². The van der Waals surface area contributed by atoms with E-state index in [9.17, 15) is 0 Å². The van der Waals surface area contributed by atoms with E-state index in [4.69, 9.17) is 14.2 Å². The topological polar surface area (TPSA) is 58.4 Å². The summed E-state index contributed by atoms with van der Waals surface area (Å²) in [5.74, 6) is 2.88. The number of hydrogen-bond acceptors (Lipinski definition) is 5. The Kier molecular flexibility index (Phi) is 3.34. The number of fused-ring (bicyclic) bond motifs is 1. The monoisotopic (exact) mass is 309 g/mol. The second kappa shape index (κ2) is 5.64. The van der Waals surface area contributed by atoms with Crippen LogP contribution in [0.25, 0.3) is 17.1 Å². The lowest BCUT2D eigenvalue weighted by Crippen LogP contribution is -2.15. The molecule has 0 aliphatic carbocycles. The summed E-state index contributed by atoms with van der Waals surface area (Å²) in [4.78, 5) is 8.59. The highest BCUT2D eigenvalue weighted by molar-refractivity contribution is 5.61. The van der Waals surface area contributed by atoms with Crippen molar-refractivity contribution in [3.8, 4) is 34.5 Å². The zero-order valence-electron chi connectivity index (χ0n) is 12.6. The zero-order chi connectivity index (χ0) is 15.6. The fraction of sp³-hybridized carbons (Fsp3) is 0.176. The van der Waals surface area contributed by atoms with Gasteiger partial charge in [-0.25, -0.2) is 9.97 Å². The van der Waals surface area contributed by atoms with Crippen LogP contribution in [0.2, 0.25) is 0 Å². The number of ether oxygens (including phenoxy) is 3. The Morgan fingerprint density at radius 3 is 2.74 bits per heavy atom. The summed E-state index contributed by atoms with van der Waals surface area (Å²) < 4.78 is 18.4. The molecule has 0 atom stereocenters. The number of benzene rings is 1. The summed E-state index contributed by atoms with van der Waals surface area (Å²) in [5.41, 5.74) is 1.88. The lowest BCUT2D eigenvalue weighted by atomic mass is 10.2. The first kappa shape index (κ1) is 13.6. The average Bonchev–Trinajstić information content (AvgIpc) is 3.11. The molecule has 3 aromatic rings. The maximum Gasteiger partial charge on any atom is 0.213 e. The molecule has 116 valence electrons. The third-order valence-electron chi connectivity index (χ3n) is 3.65. The average molecular weight is 309 g/mol. The first-order valence-corrected chi connectivity index (χ1v) is 7.29. The van der Waals surface area contributed by atoms with Crippen LogP contribution in [0.5, 0.6) is 17.4 Å². The van der Waals surface area contributed by atoms with E-state index in [0.29, 0.717) is 19.1 Å². The molecule has 0 radical (unpaired) electrons. The van der Waals surface area contributed by atoms with Crippen LogP contribution in [-0.2, 0) is 0 Å². The molecule has 0 fully saturated rings. The number of nitrogens with zero attached hydrogens (tertiary/aromatic N) is 3. The lowest BCUT2D eigenvalue weighted by molar-refractivity contribution is 0.171. The van der Waals surface area contributed by atoms with E-state index in [1.165, 1.54) is 0 Å². The van der Waals surface area contributed by atoms with E-state index in [1.54, 1.807) is 19.5 Å². The van der Waals surface area contributed by atoms with Crippen molar-refractivity contribution >= 4 is 0 Å². The number of rotatable bonds is 3. The normalized spacial score (nSPS) is 12.9. The first-order chi connectivity index (χ1) is 11.3. The second-order valence-electron chi connectivity index (χ2n) is 5.04. The van der Waals surface area contributed by atoms with Crippen LogP contribution in [0, 0.1) is 0 Å². The van der Waals surface area contributed by atoms with E-state index in [1.807, 2.05) is 41.1 Å². The highest BCUT2D eigenvalue weighted by atomic mass is 16.6. The lowest BCUT2D eigenvalue weighted by Gasteiger charge is -2.19. The van der Waals surface area contributed by atoms with Gasteiger partial charge in [0.1, 0.15) is 19.0 Å². The van der Waals surface area contributed by atoms with E-state index in [0.717, 1.165) is 28.6 Å². The molecule has 0 N–H and O–H groups in total. The van der Waals surface area contributed by atoms with Crippen molar-refractivity contribution in [3.63, 3.8) is 0 Å². The maximum absolute atomic E-state index is 5.66. The van der Waals surface area contributed by atoms with Gasteiger partial charge < -0.3 is 14.2 Å². The van der Waals surface area contributed by atoms with Gasteiger partial charge in [-0.15, -0.1) is 0 Å². The Hall–Kier alpha value is -3.02. The highest BCUT2D eigenvalue weighted by Gasteiger charge is 2.14. The van der Waals surface area contributed by atoms with Gasteiger partial charge in [0.25, 0.3) is 0 Å². The van der Waals surface area contributed by atoms with Crippen molar-refractivity contribution < 1.29 is 14.2 Å². The van der Waals surface area contributed by atoms with Gasteiger partial charge in [0.05, 0.1) is 12.8 Å². The number of methoxy groups -OCH3 is 1. The third-order valence-corrected chi connectivity index (χ3v) is 3.65. The van der Waals surface area contributed by atoms with Crippen LogP contribution >= 0.6 is 0 Å². The van der Waals surface area contributed by atoms with Crippen LogP contribution in [0.4, 0.5) is 0 Å². The molecule has 0 spiro atoms. The van der Waals surface area contributed by atoms with Gasteiger partial charge in [-0.05, 0) is 18.2 Å². The van der Waals surface area contributed by atoms with Gasteiger partial charge in [-0.2, -0.15) is 0 Å². The van der Waals surface area contributed by atoms with Gasteiger partial charge >= 0.3 is 0 Å². The quantitative estimate of drug-likeness (QED) is 0.744. The molecule has 1 aromatic carbocycles. The van der Waals surface area contributed by atoms with E-state index in [-0.39, 0.29) is 0 Å². The third kappa shape index (κ3) is 2.48. The number of pyridine rings is 1. The molecule has 0 saturated heterocycles. The van der Waals surface area contributed by atoms with Crippen LogP contribution in [0.3, 0.4) is 0 Å². The second-order valence-corrected chi connectivity index (χ2v) is 5.04. The largest absolute Gasteiger partial charge is 0.486 e. The molecule has 6 heteroatoms. The Morgan fingerprint density at radius 1 is 1.00 bits per heavy atom. The predicted molar refractivity (Wildman–Crippen MR) is 84.3 cm³/mol. The molecule has 6 nitrogen and oxygen atoms in total. The van der Waals surface area contributed by atoms with Crippen LogP contribution in [0.15, 0.2) is 48.9 Å². The molecule has 2 aromatic heterocycles. The van der Waals surface area contributed by atoms with Crippen molar-refractivity contribution in [3.05, 3.63) is 48.9 Å². The standard InChI is InChI=1S/C17H15N3O3/c1-21-16-10-12(4-5-18-16)17-19-6-7-20(17)13-2-3-14-15(11-13)23-9-8-22-14/h2-7,10-11H,8-9H2,1H3. The first-order valence-electron chi connectivity index (χ1n) is 7.29. The molecule has 23 heavy (non-hydrogen) atoms. The molecular weight excluding hydrogens is 294 g/mol. The van der Waals surface area contributed by atoms with Crippen molar-refractivity contribution in [2.45, 2.75) is 0 Å². The number of hydrogen-bond donors (Lipinski definition) is 0. The maximum atomic E-state index is 5.66. The van der Waals surface area contributed by atoms with Gasteiger partial charge in [0.2, 0.25) is 5.88 Å². The molecule has 4 rings (SSSR count). The Bertz CT molecular complexity index is 845. The van der Waals surface area contributed by atoms with Crippen LogP contribution in [0.1, 0.15) is 0 Å². The molecule has 0 unspecified atom stereocenters. The van der Waals surface area contributed by atoms with Gasteiger partial charge in [-0.3, -0.25) is 4.57 Å². The zero-order valence-corrected chi connectivity index (χ0v) is 12.6. The van der Waals surface area contributed by atoms with Crippen molar-refractivity contribution in [1.82, 2.24) is 14.5 Å². The van der Waals surface area contributed by atoms with Crippen molar-refractivity contribution in [2.24, 2.45) is 0 Å². The minimum Gasteiger partial charge on any atom is -0.486 e. The molecule has 3 heterocycles. The summed E-state index contributed by atoms with van der Waals surface area (Å²) in [7, 11) is 1.60. The summed E-state index contributed by atoms with van der Waals surface area (Å²) in [6.45, 7) is 1.15. The smallest absolute Gasteiger partial charge is 0.213 e. The summed E-state index contributed by atoms with van der Waals surface area (Å²) in [6.07, 6.45) is 5.38. The molecule has 0 bridgehead atoms. The molecule has 0 amide bonds. The molecular formula is C17H15N3O3. The summed E-state index contributed by atoms with van der Waals surface area (Å²) in [5, 5.41) is 0. The van der Waals surface area contributed by atoms with Gasteiger partial charge in [0, 0.05) is 36.3 Å².